The van der Waals surface area contributed by atoms with Gasteiger partial charge in [-0.1, -0.05) is 26.0 Å². The quantitative estimate of drug-likeness (QED) is 0.661. The highest BCUT2D eigenvalue weighted by atomic mass is 16.5. The molecule has 4 nitrogen and oxygen atoms in total. The molecule has 0 aromatic heterocycles. The van der Waals surface area contributed by atoms with E-state index >= 15 is 0 Å². The Morgan fingerprint density at radius 2 is 1.74 bits per heavy atom. The Bertz CT molecular complexity index is 342. The topological polar surface area (TPSA) is 39.7 Å². The van der Waals surface area contributed by atoms with E-state index in [1.807, 2.05) is 24.3 Å². The average molecular weight is 267 g/mol. The molecule has 4 heteroatoms. The predicted octanol–water partition coefficient (Wildman–Crippen LogP) is 2.34. The zero-order chi connectivity index (χ0) is 13.9. The molecule has 1 N–H and O–H groups in total. The first-order chi connectivity index (χ1) is 9.24. The Morgan fingerprint density at radius 1 is 1.05 bits per heavy atom. The van der Waals surface area contributed by atoms with E-state index < -0.39 is 0 Å². The van der Waals surface area contributed by atoms with Gasteiger partial charge in [-0.3, -0.25) is 0 Å². The van der Waals surface area contributed by atoms with Gasteiger partial charge in [0.25, 0.3) is 0 Å². The highest BCUT2D eigenvalue weighted by Crippen LogP contribution is 2.25. The van der Waals surface area contributed by atoms with Crippen LogP contribution in [-0.2, 0) is 4.74 Å². The molecule has 0 unspecified atom stereocenters. The highest BCUT2D eigenvalue weighted by molar-refractivity contribution is 5.39. The van der Waals surface area contributed by atoms with Crippen LogP contribution < -0.4 is 14.8 Å². The third kappa shape index (κ3) is 7.03. The zero-order valence-corrected chi connectivity index (χ0v) is 12.1. The highest BCUT2D eigenvalue weighted by Gasteiger charge is 2.01. The van der Waals surface area contributed by atoms with Gasteiger partial charge in [0.15, 0.2) is 11.5 Å². The summed E-state index contributed by atoms with van der Waals surface area (Å²) in [6.45, 7) is 8.12. The molecule has 0 bridgehead atoms. The maximum absolute atomic E-state index is 5.64. The van der Waals surface area contributed by atoms with Crippen molar-refractivity contribution in [3.05, 3.63) is 24.3 Å². The van der Waals surface area contributed by atoms with E-state index in [-0.39, 0.29) is 0 Å². The molecule has 0 spiro atoms. The van der Waals surface area contributed by atoms with Gasteiger partial charge in [-0.15, -0.1) is 0 Å². The summed E-state index contributed by atoms with van der Waals surface area (Å²) in [7, 11) is 1.65. The Kier molecular flexibility index (Phi) is 8.02. The maximum Gasteiger partial charge on any atom is 0.161 e. The lowest BCUT2D eigenvalue weighted by Crippen LogP contribution is -2.25. The van der Waals surface area contributed by atoms with E-state index in [2.05, 4.69) is 19.2 Å². The molecule has 0 saturated heterocycles. The van der Waals surface area contributed by atoms with Gasteiger partial charge in [-0.2, -0.15) is 0 Å². The van der Waals surface area contributed by atoms with Gasteiger partial charge in [-0.25, -0.2) is 0 Å². The number of hydrogen-bond acceptors (Lipinski definition) is 4. The summed E-state index contributed by atoms with van der Waals surface area (Å²) in [5.41, 5.74) is 0. The van der Waals surface area contributed by atoms with E-state index in [9.17, 15) is 0 Å². The Hall–Kier alpha value is -1.26. The van der Waals surface area contributed by atoms with Gasteiger partial charge in [0.2, 0.25) is 0 Å². The number of rotatable bonds is 10. The summed E-state index contributed by atoms with van der Waals surface area (Å²) in [4.78, 5) is 0. The van der Waals surface area contributed by atoms with E-state index in [0.717, 1.165) is 37.8 Å². The van der Waals surface area contributed by atoms with Crippen LogP contribution >= 0.6 is 0 Å². The fraction of sp³-hybridized carbons (Fsp3) is 0.600. The fourth-order valence-electron chi connectivity index (χ4n) is 1.56. The van der Waals surface area contributed by atoms with Crippen molar-refractivity contribution in [2.75, 3.05) is 40.0 Å². The lowest BCUT2D eigenvalue weighted by atomic mass is 10.2. The van der Waals surface area contributed by atoms with Crippen LogP contribution in [0.3, 0.4) is 0 Å². The van der Waals surface area contributed by atoms with E-state index in [1.54, 1.807) is 7.11 Å². The second kappa shape index (κ2) is 9.64. The third-order valence-electron chi connectivity index (χ3n) is 2.48. The number of benzene rings is 1. The van der Waals surface area contributed by atoms with Crippen molar-refractivity contribution in [1.29, 1.82) is 0 Å². The summed E-state index contributed by atoms with van der Waals surface area (Å²) in [5.74, 6) is 2.14. The van der Waals surface area contributed by atoms with E-state index in [1.165, 1.54) is 0 Å². The van der Waals surface area contributed by atoms with Crippen molar-refractivity contribution in [3.8, 4) is 11.5 Å². The standard InChI is InChI=1S/C15H25NO3/c1-13(2)12-18-10-8-16-9-11-19-15-7-5-4-6-14(15)17-3/h4-7,13,16H,8-12H2,1-3H3. The molecule has 0 amide bonds. The van der Waals surface area contributed by atoms with Crippen LogP contribution in [0.4, 0.5) is 0 Å². The molecule has 0 fully saturated rings. The fourth-order valence-corrected chi connectivity index (χ4v) is 1.56. The minimum atomic E-state index is 0.592. The van der Waals surface area contributed by atoms with Crippen LogP contribution in [0.2, 0.25) is 0 Å². The van der Waals surface area contributed by atoms with E-state index in [4.69, 9.17) is 14.2 Å². The summed E-state index contributed by atoms with van der Waals surface area (Å²) in [6, 6.07) is 7.66. The molecule has 0 heterocycles. The Balaban J connectivity index is 2.04. The molecule has 19 heavy (non-hydrogen) atoms. The number of hydrogen-bond donors (Lipinski definition) is 1. The normalized spacial score (nSPS) is 10.7. The molecule has 1 aromatic carbocycles. The molecule has 1 aromatic rings. The second-order valence-electron chi connectivity index (χ2n) is 4.72. The first-order valence-electron chi connectivity index (χ1n) is 6.78. The number of para-hydroxylation sites is 2. The van der Waals surface area contributed by atoms with Gasteiger partial charge < -0.3 is 19.5 Å². The minimum Gasteiger partial charge on any atom is -0.493 e. The lowest BCUT2D eigenvalue weighted by Gasteiger charge is -2.11. The predicted molar refractivity (Wildman–Crippen MR) is 77.0 cm³/mol. The molecular formula is C15H25NO3. The van der Waals surface area contributed by atoms with E-state index in [0.29, 0.717) is 12.5 Å². The molecule has 0 radical (unpaired) electrons. The van der Waals surface area contributed by atoms with Crippen molar-refractivity contribution in [2.24, 2.45) is 5.92 Å². The first-order valence-corrected chi connectivity index (χ1v) is 6.78. The largest absolute Gasteiger partial charge is 0.493 e. The minimum absolute atomic E-state index is 0.592. The summed E-state index contributed by atoms with van der Waals surface area (Å²) < 4.78 is 16.3. The molecule has 0 aliphatic carbocycles. The van der Waals surface area contributed by atoms with Crippen LogP contribution in [0, 0.1) is 5.92 Å². The molecule has 1 rings (SSSR count). The smallest absolute Gasteiger partial charge is 0.161 e. The third-order valence-corrected chi connectivity index (χ3v) is 2.48. The molecule has 108 valence electrons. The molecule has 0 aliphatic heterocycles. The maximum atomic E-state index is 5.64. The zero-order valence-electron chi connectivity index (χ0n) is 12.1. The van der Waals surface area contributed by atoms with Crippen molar-refractivity contribution < 1.29 is 14.2 Å². The molecular weight excluding hydrogens is 242 g/mol. The van der Waals surface area contributed by atoms with Crippen molar-refractivity contribution in [1.82, 2.24) is 5.32 Å². The number of ether oxygens (including phenoxy) is 3. The monoisotopic (exact) mass is 267 g/mol. The van der Waals surface area contributed by atoms with Crippen LogP contribution in [-0.4, -0.2) is 40.0 Å². The van der Waals surface area contributed by atoms with Gasteiger partial charge in [0.1, 0.15) is 6.61 Å². The van der Waals surface area contributed by atoms with Crippen LogP contribution in [0.5, 0.6) is 11.5 Å². The van der Waals surface area contributed by atoms with Gasteiger partial charge >= 0.3 is 0 Å². The van der Waals surface area contributed by atoms with Gasteiger partial charge in [-0.05, 0) is 18.1 Å². The SMILES string of the molecule is COc1ccccc1OCCNCCOCC(C)C. The van der Waals surface area contributed by atoms with Crippen molar-refractivity contribution >= 4 is 0 Å². The first kappa shape index (κ1) is 15.8. The number of nitrogens with one attached hydrogen (secondary N) is 1. The Morgan fingerprint density at radius 3 is 2.42 bits per heavy atom. The van der Waals surface area contributed by atoms with Crippen LogP contribution in [0.1, 0.15) is 13.8 Å². The molecule has 0 atom stereocenters. The number of methoxy groups -OCH3 is 1. The summed E-state index contributed by atoms with van der Waals surface area (Å²) in [6.07, 6.45) is 0. The van der Waals surface area contributed by atoms with Gasteiger partial charge in [0.05, 0.1) is 13.7 Å². The van der Waals surface area contributed by atoms with Crippen molar-refractivity contribution in [3.63, 3.8) is 0 Å². The van der Waals surface area contributed by atoms with Gasteiger partial charge in [0, 0.05) is 19.7 Å². The van der Waals surface area contributed by atoms with Crippen molar-refractivity contribution in [2.45, 2.75) is 13.8 Å². The summed E-state index contributed by atoms with van der Waals surface area (Å²) in [5, 5.41) is 3.28. The van der Waals surface area contributed by atoms with Crippen LogP contribution in [0.15, 0.2) is 24.3 Å². The molecule has 0 aliphatic rings. The molecule has 0 saturated carbocycles. The van der Waals surface area contributed by atoms with Crippen LogP contribution in [0.25, 0.3) is 0 Å². The lowest BCUT2D eigenvalue weighted by molar-refractivity contribution is 0.111. The average Bonchev–Trinajstić information content (AvgIpc) is 2.42. The second-order valence-corrected chi connectivity index (χ2v) is 4.72. The summed E-state index contributed by atoms with van der Waals surface area (Å²) >= 11 is 0. The Labute approximate surface area is 116 Å².